The van der Waals surface area contributed by atoms with E-state index in [9.17, 15) is 0 Å². The average molecular weight is 257 g/mol. The summed E-state index contributed by atoms with van der Waals surface area (Å²) in [7, 11) is 3.63. The van der Waals surface area contributed by atoms with Crippen LogP contribution in [0.4, 0.5) is 5.82 Å². The quantitative estimate of drug-likeness (QED) is 0.892. The van der Waals surface area contributed by atoms with Gasteiger partial charge in [-0.3, -0.25) is 0 Å². The van der Waals surface area contributed by atoms with E-state index in [1.807, 2.05) is 37.4 Å². The monoisotopic (exact) mass is 257 g/mol. The molecule has 0 spiro atoms. The Morgan fingerprint density at radius 2 is 1.89 bits per heavy atom. The van der Waals surface area contributed by atoms with Gasteiger partial charge in [0.25, 0.3) is 0 Å². The Labute approximate surface area is 113 Å². The summed E-state index contributed by atoms with van der Waals surface area (Å²) in [5.41, 5.74) is 8.02. The van der Waals surface area contributed by atoms with Crippen LogP contribution < -0.4 is 15.4 Å². The Balaban J connectivity index is 2.13. The molecule has 0 amide bonds. The number of ether oxygens (including phenoxy) is 1. The normalized spacial score (nSPS) is 10.3. The van der Waals surface area contributed by atoms with Gasteiger partial charge < -0.3 is 15.4 Å². The van der Waals surface area contributed by atoms with E-state index in [0.717, 1.165) is 17.9 Å². The molecular weight excluding hydrogens is 238 g/mol. The summed E-state index contributed by atoms with van der Waals surface area (Å²) in [6.07, 6.45) is 0. The molecule has 0 aliphatic carbocycles. The molecular formula is C15H19N3O. The minimum atomic E-state index is 0.564. The van der Waals surface area contributed by atoms with E-state index in [1.165, 1.54) is 5.56 Å². The summed E-state index contributed by atoms with van der Waals surface area (Å²) in [5.74, 6) is 1.51. The van der Waals surface area contributed by atoms with Crippen LogP contribution in [-0.2, 0) is 13.1 Å². The first-order valence-corrected chi connectivity index (χ1v) is 6.23. The van der Waals surface area contributed by atoms with E-state index in [2.05, 4.69) is 22.0 Å². The second-order valence-electron chi connectivity index (χ2n) is 4.42. The lowest BCUT2D eigenvalue weighted by Gasteiger charge is -2.19. The molecule has 0 aliphatic rings. The van der Waals surface area contributed by atoms with Crippen molar-refractivity contribution in [2.45, 2.75) is 13.1 Å². The zero-order chi connectivity index (χ0) is 13.7. The number of pyridine rings is 1. The molecule has 2 aromatic rings. The maximum absolute atomic E-state index is 5.66. The first-order valence-electron chi connectivity index (χ1n) is 6.23. The van der Waals surface area contributed by atoms with Crippen molar-refractivity contribution in [3.8, 4) is 5.88 Å². The molecule has 0 aliphatic heterocycles. The molecule has 0 saturated heterocycles. The Hall–Kier alpha value is -2.07. The lowest BCUT2D eigenvalue weighted by molar-refractivity contribution is 0.398. The lowest BCUT2D eigenvalue weighted by Crippen LogP contribution is -2.18. The molecule has 2 N–H and O–H groups in total. The maximum Gasteiger partial charge on any atom is 0.214 e. The van der Waals surface area contributed by atoms with Crippen LogP contribution in [-0.4, -0.2) is 19.1 Å². The summed E-state index contributed by atoms with van der Waals surface area (Å²) in [6.45, 7) is 1.35. The molecule has 0 saturated carbocycles. The van der Waals surface area contributed by atoms with Gasteiger partial charge >= 0.3 is 0 Å². The van der Waals surface area contributed by atoms with Gasteiger partial charge in [0, 0.05) is 26.2 Å². The first kappa shape index (κ1) is 13.4. The van der Waals surface area contributed by atoms with Crippen molar-refractivity contribution in [1.29, 1.82) is 0 Å². The maximum atomic E-state index is 5.66. The summed E-state index contributed by atoms with van der Waals surface area (Å²) in [4.78, 5) is 6.49. The Kier molecular flexibility index (Phi) is 4.36. The molecule has 4 nitrogen and oxygen atoms in total. The summed E-state index contributed by atoms with van der Waals surface area (Å²) in [6, 6.07) is 14.0. The second-order valence-corrected chi connectivity index (χ2v) is 4.42. The van der Waals surface area contributed by atoms with Gasteiger partial charge in [0.1, 0.15) is 5.82 Å². The number of benzene rings is 1. The highest BCUT2D eigenvalue weighted by atomic mass is 16.5. The van der Waals surface area contributed by atoms with Crippen LogP contribution in [0.25, 0.3) is 0 Å². The number of nitrogens with zero attached hydrogens (tertiary/aromatic N) is 2. The van der Waals surface area contributed by atoms with Crippen LogP contribution in [0.1, 0.15) is 11.1 Å². The molecule has 0 fully saturated rings. The van der Waals surface area contributed by atoms with Gasteiger partial charge in [-0.1, -0.05) is 30.3 Å². The van der Waals surface area contributed by atoms with Crippen molar-refractivity contribution in [3.05, 3.63) is 53.6 Å². The third kappa shape index (κ3) is 3.45. The molecule has 100 valence electrons. The number of methoxy groups -OCH3 is 1. The van der Waals surface area contributed by atoms with E-state index in [1.54, 1.807) is 7.11 Å². The van der Waals surface area contributed by atoms with E-state index in [4.69, 9.17) is 10.5 Å². The number of anilines is 1. The SMILES string of the molecule is COc1cccc(N(C)Cc2cccc(CN)c2)n1. The molecule has 0 radical (unpaired) electrons. The number of nitrogens with two attached hydrogens (primary N) is 1. The summed E-state index contributed by atoms with van der Waals surface area (Å²) >= 11 is 0. The highest BCUT2D eigenvalue weighted by Crippen LogP contribution is 2.17. The van der Waals surface area contributed by atoms with Crippen molar-refractivity contribution in [2.24, 2.45) is 5.73 Å². The average Bonchev–Trinajstić information content (AvgIpc) is 2.47. The predicted octanol–water partition coefficient (Wildman–Crippen LogP) is 2.19. The highest BCUT2D eigenvalue weighted by molar-refractivity contribution is 5.41. The molecule has 0 bridgehead atoms. The number of rotatable bonds is 5. The van der Waals surface area contributed by atoms with Gasteiger partial charge in [0.2, 0.25) is 5.88 Å². The third-order valence-corrected chi connectivity index (χ3v) is 2.96. The molecule has 1 heterocycles. The van der Waals surface area contributed by atoms with Crippen LogP contribution >= 0.6 is 0 Å². The van der Waals surface area contributed by atoms with Gasteiger partial charge in [-0.05, 0) is 17.2 Å². The van der Waals surface area contributed by atoms with Crippen molar-refractivity contribution >= 4 is 5.82 Å². The van der Waals surface area contributed by atoms with Crippen LogP contribution in [0.5, 0.6) is 5.88 Å². The van der Waals surface area contributed by atoms with Gasteiger partial charge in [0.05, 0.1) is 7.11 Å². The summed E-state index contributed by atoms with van der Waals surface area (Å²) < 4.78 is 5.14. The van der Waals surface area contributed by atoms with E-state index < -0.39 is 0 Å². The Bertz CT molecular complexity index is 542. The lowest BCUT2D eigenvalue weighted by atomic mass is 10.1. The second kappa shape index (κ2) is 6.20. The molecule has 2 rings (SSSR count). The molecule has 1 aromatic carbocycles. The summed E-state index contributed by atoms with van der Waals surface area (Å²) in [5, 5.41) is 0. The fourth-order valence-corrected chi connectivity index (χ4v) is 1.94. The molecule has 4 heteroatoms. The first-order chi connectivity index (χ1) is 9.22. The van der Waals surface area contributed by atoms with E-state index >= 15 is 0 Å². The third-order valence-electron chi connectivity index (χ3n) is 2.96. The van der Waals surface area contributed by atoms with Crippen LogP contribution in [0.15, 0.2) is 42.5 Å². The predicted molar refractivity (Wildman–Crippen MR) is 77.2 cm³/mol. The van der Waals surface area contributed by atoms with Gasteiger partial charge in [-0.2, -0.15) is 4.98 Å². The van der Waals surface area contributed by atoms with E-state index in [0.29, 0.717) is 12.4 Å². The van der Waals surface area contributed by atoms with Crippen molar-refractivity contribution in [1.82, 2.24) is 4.98 Å². The largest absolute Gasteiger partial charge is 0.481 e. The number of hydrogen-bond donors (Lipinski definition) is 1. The van der Waals surface area contributed by atoms with Gasteiger partial charge in [0.15, 0.2) is 0 Å². The Morgan fingerprint density at radius 1 is 1.16 bits per heavy atom. The molecule has 19 heavy (non-hydrogen) atoms. The smallest absolute Gasteiger partial charge is 0.214 e. The van der Waals surface area contributed by atoms with Crippen LogP contribution in [0, 0.1) is 0 Å². The van der Waals surface area contributed by atoms with Crippen molar-refractivity contribution in [3.63, 3.8) is 0 Å². The molecule has 0 atom stereocenters. The Morgan fingerprint density at radius 3 is 2.63 bits per heavy atom. The molecule has 0 unspecified atom stereocenters. The topological polar surface area (TPSA) is 51.4 Å². The fourth-order valence-electron chi connectivity index (χ4n) is 1.94. The van der Waals surface area contributed by atoms with Gasteiger partial charge in [-0.25, -0.2) is 0 Å². The number of hydrogen-bond acceptors (Lipinski definition) is 4. The van der Waals surface area contributed by atoms with Crippen molar-refractivity contribution in [2.75, 3.05) is 19.1 Å². The van der Waals surface area contributed by atoms with Crippen molar-refractivity contribution < 1.29 is 4.74 Å². The standard InChI is InChI=1S/C15H19N3O/c1-18(14-7-4-8-15(17-14)19-2)11-13-6-3-5-12(9-13)10-16/h3-9H,10-11,16H2,1-2H3. The minimum absolute atomic E-state index is 0.564. The fraction of sp³-hybridized carbons (Fsp3) is 0.267. The molecule has 1 aromatic heterocycles. The highest BCUT2D eigenvalue weighted by Gasteiger charge is 2.05. The van der Waals surface area contributed by atoms with Crippen LogP contribution in [0.3, 0.4) is 0 Å². The minimum Gasteiger partial charge on any atom is -0.481 e. The van der Waals surface area contributed by atoms with Crippen LogP contribution in [0.2, 0.25) is 0 Å². The zero-order valence-electron chi connectivity index (χ0n) is 11.3. The van der Waals surface area contributed by atoms with Gasteiger partial charge in [-0.15, -0.1) is 0 Å². The zero-order valence-corrected chi connectivity index (χ0v) is 11.3. The van der Waals surface area contributed by atoms with E-state index in [-0.39, 0.29) is 0 Å². The number of aromatic nitrogens is 1.